The number of benzene rings is 1. The minimum Gasteiger partial charge on any atom is -0.338 e. The highest BCUT2D eigenvalue weighted by atomic mass is 32.2. The number of hydrogen-bond acceptors (Lipinski definition) is 4. The van der Waals surface area contributed by atoms with Gasteiger partial charge in [0.25, 0.3) is 5.56 Å². The maximum absolute atomic E-state index is 12.8. The number of rotatable bonds is 6. The van der Waals surface area contributed by atoms with Crippen LogP contribution in [0, 0.1) is 12.7 Å². The van der Waals surface area contributed by atoms with E-state index < -0.39 is 0 Å². The standard InChI is InChI=1S/C18H21FN4O2S/c1-12-21-16-10-23(9-15(16)17(24)22-12)18(25)20-7-2-8-26-11-13-3-5-14(19)6-4-13/h3-6H,2,7-11H2,1H3,(H,20,25)(H,21,22,24). The molecule has 1 aromatic heterocycles. The third-order valence-electron chi connectivity index (χ3n) is 4.12. The van der Waals surface area contributed by atoms with Crippen LogP contribution in [0.4, 0.5) is 9.18 Å². The van der Waals surface area contributed by atoms with E-state index in [0.717, 1.165) is 23.5 Å². The molecule has 0 spiro atoms. The SMILES string of the molecule is Cc1nc2c(c(=O)[nH]1)CN(C(=O)NCCCSCc1ccc(F)cc1)C2. The summed E-state index contributed by atoms with van der Waals surface area (Å²) in [5.41, 5.74) is 2.17. The Morgan fingerprint density at radius 1 is 1.35 bits per heavy atom. The van der Waals surface area contributed by atoms with Crippen LogP contribution in [0.3, 0.4) is 0 Å². The van der Waals surface area contributed by atoms with Crippen molar-refractivity contribution in [1.29, 1.82) is 0 Å². The molecule has 1 aliphatic rings. The first-order valence-corrected chi connectivity index (χ1v) is 9.62. The number of urea groups is 1. The Hall–Kier alpha value is -2.35. The second kappa shape index (κ2) is 8.35. The number of fused-ring (bicyclic) bond motifs is 1. The van der Waals surface area contributed by atoms with E-state index in [9.17, 15) is 14.0 Å². The number of thioether (sulfide) groups is 1. The maximum Gasteiger partial charge on any atom is 0.318 e. The molecule has 0 unspecified atom stereocenters. The van der Waals surface area contributed by atoms with E-state index in [-0.39, 0.29) is 17.4 Å². The Bertz CT molecular complexity index is 838. The van der Waals surface area contributed by atoms with Gasteiger partial charge in [0.05, 0.1) is 24.3 Å². The van der Waals surface area contributed by atoms with Crippen molar-refractivity contribution < 1.29 is 9.18 Å². The van der Waals surface area contributed by atoms with E-state index >= 15 is 0 Å². The molecule has 0 radical (unpaired) electrons. The van der Waals surface area contributed by atoms with Gasteiger partial charge in [-0.05, 0) is 36.8 Å². The fraction of sp³-hybridized carbons (Fsp3) is 0.389. The Morgan fingerprint density at radius 3 is 2.88 bits per heavy atom. The molecule has 26 heavy (non-hydrogen) atoms. The third kappa shape index (κ3) is 4.63. The summed E-state index contributed by atoms with van der Waals surface area (Å²) in [6, 6.07) is 6.32. The molecule has 3 rings (SSSR count). The first kappa shape index (κ1) is 18.4. The van der Waals surface area contributed by atoms with Crippen LogP contribution in [-0.4, -0.2) is 33.2 Å². The number of amides is 2. The Labute approximate surface area is 155 Å². The average molecular weight is 376 g/mol. The Kier molecular flexibility index (Phi) is 5.92. The number of carbonyl (C=O) groups excluding carboxylic acids is 1. The second-order valence-electron chi connectivity index (χ2n) is 6.20. The minimum atomic E-state index is -0.224. The topological polar surface area (TPSA) is 78.1 Å². The molecule has 2 heterocycles. The smallest absolute Gasteiger partial charge is 0.318 e. The number of H-pyrrole nitrogens is 1. The number of aryl methyl sites for hydroxylation is 1. The molecule has 0 saturated heterocycles. The van der Waals surface area contributed by atoms with Gasteiger partial charge >= 0.3 is 6.03 Å². The predicted molar refractivity (Wildman–Crippen MR) is 99.4 cm³/mol. The number of nitrogens with one attached hydrogen (secondary N) is 2. The zero-order valence-electron chi connectivity index (χ0n) is 14.5. The van der Waals surface area contributed by atoms with Crippen molar-refractivity contribution in [3.8, 4) is 0 Å². The van der Waals surface area contributed by atoms with Crippen LogP contribution in [0.25, 0.3) is 0 Å². The Balaban J connectivity index is 1.35. The van der Waals surface area contributed by atoms with Crippen molar-refractivity contribution in [2.24, 2.45) is 0 Å². The zero-order chi connectivity index (χ0) is 18.5. The van der Waals surface area contributed by atoms with Crippen LogP contribution in [0.5, 0.6) is 0 Å². The molecule has 0 atom stereocenters. The first-order valence-electron chi connectivity index (χ1n) is 8.46. The molecule has 1 aliphatic heterocycles. The molecule has 6 nitrogen and oxygen atoms in total. The summed E-state index contributed by atoms with van der Waals surface area (Å²) in [7, 11) is 0. The van der Waals surface area contributed by atoms with Gasteiger partial charge in [-0.1, -0.05) is 12.1 Å². The Morgan fingerprint density at radius 2 is 2.12 bits per heavy atom. The summed E-state index contributed by atoms with van der Waals surface area (Å²) < 4.78 is 12.8. The monoisotopic (exact) mass is 376 g/mol. The molecule has 2 N–H and O–H groups in total. The van der Waals surface area contributed by atoms with Crippen LogP contribution in [-0.2, 0) is 18.8 Å². The van der Waals surface area contributed by atoms with Crippen LogP contribution in [0.15, 0.2) is 29.1 Å². The molecule has 8 heteroatoms. The minimum absolute atomic E-state index is 0.167. The highest BCUT2D eigenvalue weighted by Crippen LogP contribution is 2.17. The van der Waals surface area contributed by atoms with Gasteiger partial charge in [-0.25, -0.2) is 14.2 Å². The van der Waals surface area contributed by atoms with Gasteiger partial charge in [0.15, 0.2) is 0 Å². The van der Waals surface area contributed by atoms with Crippen LogP contribution < -0.4 is 10.9 Å². The zero-order valence-corrected chi connectivity index (χ0v) is 15.4. The molecule has 0 fully saturated rings. The van der Waals surface area contributed by atoms with Gasteiger partial charge in [-0.2, -0.15) is 11.8 Å². The van der Waals surface area contributed by atoms with E-state index in [1.165, 1.54) is 12.1 Å². The lowest BCUT2D eigenvalue weighted by atomic mass is 10.2. The molecule has 0 saturated carbocycles. The summed E-state index contributed by atoms with van der Waals surface area (Å²) in [5, 5.41) is 2.88. The lowest BCUT2D eigenvalue weighted by Crippen LogP contribution is -2.37. The van der Waals surface area contributed by atoms with Gasteiger partial charge in [-0.15, -0.1) is 0 Å². The fourth-order valence-electron chi connectivity index (χ4n) is 2.79. The highest BCUT2D eigenvalue weighted by molar-refractivity contribution is 7.98. The van der Waals surface area contributed by atoms with Crippen molar-refractivity contribution in [2.75, 3.05) is 12.3 Å². The van der Waals surface area contributed by atoms with Gasteiger partial charge in [0.2, 0.25) is 0 Å². The quantitative estimate of drug-likeness (QED) is 0.760. The number of carbonyl (C=O) groups is 1. The average Bonchev–Trinajstić information content (AvgIpc) is 3.04. The lowest BCUT2D eigenvalue weighted by molar-refractivity contribution is 0.198. The largest absolute Gasteiger partial charge is 0.338 e. The normalized spacial score (nSPS) is 12.9. The van der Waals surface area contributed by atoms with Gasteiger partial charge in [0, 0.05) is 12.3 Å². The van der Waals surface area contributed by atoms with Crippen molar-refractivity contribution >= 4 is 17.8 Å². The van der Waals surface area contributed by atoms with E-state index in [0.29, 0.717) is 36.7 Å². The highest BCUT2D eigenvalue weighted by Gasteiger charge is 2.26. The van der Waals surface area contributed by atoms with Gasteiger partial charge in [0.1, 0.15) is 11.6 Å². The number of nitrogens with zero attached hydrogens (tertiary/aromatic N) is 2. The van der Waals surface area contributed by atoms with Gasteiger partial charge in [-0.3, -0.25) is 4.79 Å². The van der Waals surface area contributed by atoms with Crippen molar-refractivity contribution in [3.63, 3.8) is 0 Å². The molecule has 2 aromatic rings. The predicted octanol–water partition coefficient (Wildman–Crippen LogP) is 2.57. The molecular formula is C18H21FN4O2S. The number of hydrogen-bond donors (Lipinski definition) is 2. The third-order valence-corrected chi connectivity index (χ3v) is 5.23. The molecule has 1 aromatic carbocycles. The number of halogens is 1. The van der Waals surface area contributed by atoms with E-state index in [1.54, 1.807) is 35.7 Å². The van der Waals surface area contributed by atoms with Crippen LogP contribution in [0.1, 0.15) is 29.1 Å². The van der Waals surface area contributed by atoms with Gasteiger partial charge < -0.3 is 15.2 Å². The van der Waals surface area contributed by atoms with Crippen molar-refractivity contribution in [2.45, 2.75) is 32.2 Å². The maximum atomic E-state index is 12.8. The molecule has 0 bridgehead atoms. The number of aromatic amines is 1. The van der Waals surface area contributed by atoms with Crippen LogP contribution >= 0.6 is 11.8 Å². The van der Waals surface area contributed by atoms with Crippen molar-refractivity contribution in [3.05, 3.63) is 63.1 Å². The summed E-state index contributed by atoms with van der Waals surface area (Å²) in [6.45, 7) is 2.97. The fourth-order valence-corrected chi connectivity index (χ4v) is 3.71. The molecule has 2 amide bonds. The lowest BCUT2D eigenvalue weighted by Gasteiger charge is -2.15. The summed E-state index contributed by atoms with van der Waals surface area (Å²) in [5.74, 6) is 2.06. The van der Waals surface area contributed by atoms with E-state index in [2.05, 4.69) is 15.3 Å². The van der Waals surface area contributed by atoms with E-state index in [4.69, 9.17) is 0 Å². The van der Waals surface area contributed by atoms with E-state index in [1.807, 2.05) is 0 Å². The summed E-state index contributed by atoms with van der Waals surface area (Å²) >= 11 is 1.75. The number of aromatic nitrogens is 2. The molecule has 138 valence electrons. The summed E-state index contributed by atoms with van der Waals surface area (Å²) in [4.78, 5) is 32.7. The van der Waals surface area contributed by atoms with Crippen molar-refractivity contribution in [1.82, 2.24) is 20.2 Å². The molecular weight excluding hydrogens is 355 g/mol. The first-order chi connectivity index (χ1) is 12.5. The molecule has 0 aliphatic carbocycles. The second-order valence-corrected chi connectivity index (χ2v) is 7.30. The van der Waals surface area contributed by atoms with Crippen LogP contribution in [0.2, 0.25) is 0 Å². The summed E-state index contributed by atoms with van der Waals surface area (Å²) in [6.07, 6.45) is 0.844.